The van der Waals surface area contributed by atoms with E-state index < -0.39 is 12.2 Å². The van der Waals surface area contributed by atoms with Gasteiger partial charge in [0, 0.05) is 24.5 Å². The van der Waals surface area contributed by atoms with Crippen LogP contribution in [0, 0.1) is 22.7 Å². The summed E-state index contributed by atoms with van der Waals surface area (Å²) >= 11 is 0. The molecular weight excluding hydrogens is 473 g/mol. The number of pyridine rings is 1. The quantitative estimate of drug-likeness (QED) is 0.458. The lowest BCUT2D eigenvalue weighted by Crippen LogP contribution is -2.36. The third-order valence-corrected chi connectivity index (χ3v) is 7.15. The van der Waals surface area contributed by atoms with Gasteiger partial charge in [0.1, 0.15) is 11.4 Å². The number of H-pyrrole nitrogens is 1. The smallest absolute Gasteiger partial charge is 0.379 e. The van der Waals surface area contributed by atoms with Crippen LogP contribution in [0.15, 0.2) is 41.3 Å². The number of nitriles is 1. The number of rotatable bonds is 6. The van der Waals surface area contributed by atoms with Gasteiger partial charge in [0.25, 0.3) is 5.56 Å². The van der Waals surface area contributed by atoms with Crippen molar-refractivity contribution < 1.29 is 17.9 Å². The third-order valence-electron chi connectivity index (χ3n) is 7.15. The number of nitrogens with zero attached hydrogens (tertiary/aromatic N) is 3. The van der Waals surface area contributed by atoms with Crippen LogP contribution < -0.4 is 16.2 Å². The Hall–Kier alpha value is -3.36. The fourth-order valence-corrected chi connectivity index (χ4v) is 4.78. The molecule has 5 rings (SSSR count). The van der Waals surface area contributed by atoms with Gasteiger partial charge in [-0.3, -0.25) is 14.8 Å². The molecule has 0 bridgehead atoms. The van der Waals surface area contributed by atoms with Gasteiger partial charge < -0.3 is 15.0 Å². The molecule has 0 amide bonds. The molecule has 190 valence electrons. The van der Waals surface area contributed by atoms with Crippen LogP contribution in [0.1, 0.15) is 44.3 Å². The van der Waals surface area contributed by atoms with Crippen LogP contribution in [0.5, 0.6) is 0 Å². The lowest BCUT2D eigenvalue weighted by atomic mass is 9.96. The molecule has 8 nitrogen and oxygen atoms in total. The number of aromatic nitrogens is 3. The maximum absolute atomic E-state index is 13.8. The van der Waals surface area contributed by atoms with Crippen LogP contribution in [-0.4, -0.2) is 40.2 Å². The first-order chi connectivity index (χ1) is 17.1. The maximum Gasteiger partial charge on any atom is 0.407 e. The van der Waals surface area contributed by atoms with E-state index in [1.807, 2.05) is 13.8 Å². The standard InChI is InChI=1S/C25H27F3N6O2/c1-24(2)11-19(24)32-21(25(26,27)28)14-3-5-16(6-4-14)31-22-20-17(7-9-30-23(20)35)34(33-22)18-13-36-10-8-15(18)12-29/h3-7,9,15,18-19,21,32H,8,10-11,13H2,1-2H3,(H,30,35)(H,31,33). The van der Waals surface area contributed by atoms with Crippen molar-refractivity contribution in [1.82, 2.24) is 20.1 Å². The van der Waals surface area contributed by atoms with Gasteiger partial charge in [-0.25, -0.2) is 0 Å². The Kier molecular flexibility index (Phi) is 6.04. The second-order valence-electron chi connectivity index (χ2n) is 10.2. The Morgan fingerprint density at radius 1 is 1.28 bits per heavy atom. The molecule has 1 aromatic carbocycles. The first kappa shape index (κ1) is 24.3. The zero-order chi connectivity index (χ0) is 25.7. The normalized spacial score (nSPS) is 24.3. The molecule has 4 atom stereocenters. The Morgan fingerprint density at radius 3 is 2.64 bits per heavy atom. The molecule has 36 heavy (non-hydrogen) atoms. The van der Waals surface area contributed by atoms with E-state index >= 15 is 0 Å². The van der Waals surface area contributed by atoms with Crippen molar-refractivity contribution in [1.29, 1.82) is 5.26 Å². The van der Waals surface area contributed by atoms with Crippen molar-refractivity contribution in [3.8, 4) is 6.07 Å². The number of halogens is 3. The highest BCUT2D eigenvalue weighted by Gasteiger charge is 2.51. The van der Waals surface area contributed by atoms with Gasteiger partial charge in [0.05, 0.1) is 30.2 Å². The first-order valence-electron chi connectivity index (χ1n) is 11.9. The number of ether oxygens (including phenoxy) is 1. The van der Waals surface area contributed by atoms with E-state index in [2.05, 4.69) is 26.8 Å². The average molecular weight is 501 g/mol. The number of aromatic amines is 1. The van der Waals surface area contributed by atoms with E-state index in [1.165, 1.54) is 30.5 Å². The second-order valence-corrected chi connectivity index (χ2v) is 10.2. The summed E-state index contributed by atoms with van der Waals surface area (Å²) in [4.78, 5) is 15.3. The van der Waals surface area contributed by atoms with Crippen LogP contribution in [0.3, 0.4) is 0 Å². The number of fused-ring (bicyclic) bond motifs is 1. The van der Waals surface area contributed by atoms with E-state index in [9.17, 15) is 23.2 Å². The van der Waals surface area contributed by atoms with Gasteiger partial charge in [-0.15, -0.1) is 0 Å². The zero-order valence-corrected chi connectivity index (χ0v) is 19.9. The van der Waals surface area contributed by atoms with E-state index in [4.69, 9.17) is 4.74 Å². The van der Waals surface area contributed by atoms with Gasteiger partial charge in [-0.2, -0.15) is 23.5 Å². The maximum atomic E-state index is 13.8. The molecule has 11 heteroatoms. The molecule has 2 aromatic heterocycles. The molecule has 1 aliphatic carbocycles. The largest absolute Gasteiger partial charge is 0.407 e. The minimum Gasteiger partial charge on any atom is -0.379 e. The average Bonchev–Trinajstić information content (AvgIpc) is 3.28. The Labute approximate surface area is 205 Å². The highest BCUT2D eigenvalue weighted by molar-refractivity contribution is 5.91. The number of nitrogens with one attached hydrogen (secondary N) is 3. The van der Waals surface area contributed by atoms with Gasteiger partial charge in [-0.05, 0) is 42.0 Å². The number of hydrogen-bond donors (Lipinski definition) is 3. The number of hydrogen-bond acceptors (Lipinski definition) is 6. The summed E-state index contributed by atoms with van der Waals surface area (Å²) in [5, 5.41) is 20.3. The molecule has 3 aromatic rings. The summed E-state index contributed by atoms with van der Waals surface area (Å²) in [6.07, 6.45) is -1.67. The lowest BCUT2D eigenvalue weighted by molar-refractivity contribution is -0.158. The zero-order valence-electron chi connectivity index (χ0n) is 19.9. The predicted molar refractivity (Wildman–Crippen MR) is 128 cm³/mol. The fourth-order valence-electron chi connectivity index (χ4n) is 4.78. The van der Waals surface area contributed by atoms with Gasteiger partial charge in [-0.1, -0.05) is 26.0 Å². The van der Waals surface area contributed by atoms with Gasteiger partial charge in [0.2, 0.25) is 0 Å². The molecule has 1 aliphatic heterocycles. The predicted octanol–water partition coefficient (Wildman–Crippen LogP) is 4.56. The van der Waals surface area contributed by atoms with Crippen molar-refractivity contribution in [2.75, 3.05) is 18.5 Å². The molecule has 0 spiro atoms. The van der Waals surface area contributed by atoms with Crippen molar-refractivity contribution >= 4 is 22.4 Å². The summed E-state index contributed by atoms with van der Waals surface area (Å²) in [6, 6.07) is 7.61. The van der Waals surface area contributed by atoms with Crippen LogP contribution in [-0.2, 0) is 4.74 Å². The molecule has 4 unspecified atom stereocenters. The van der Waals surface area contributed by atoms with Crippen molar-refractivity contribution in [3.05, 3.63) is 52.4 Å². The Morgan fingerprint density at radius 2 is 2.00 bits per heavy atom. The molecule has 2 fully saturated rings. The molecule has 1 saturated carbocycles. The number of benzene rings is 1. The van der Waals surface area contributed by atoms with E-state index in [0.29, 0.717) is 42.6 Å². The second kappa shape index (κ2) is 8.94. The van der Waals surface area contributed by atoms with E-state index in [-0.39, 0.29) is 40.4 Å². The number of anilines is 2. The molecular formula is C25H27F3N6O2. The lowest BCUT2D eigenvalue weighted by Gasteiger charge is -2.27. The minimum absolute atomic E-state index is 0.111. The SMILES string of the molecule is CC1(C)CC1NC(c1ccc(Nc2nn(C3COCCC3C#N)c3cc[nH]c(=O)c23)cc1)C(F)(F)F. The first-order valence-corrected chi connectivity index (χ1v) is 11.9. The Bertz CT molecular complexity index is 1360. The molecule has 3 heterocycles. The summed E-state index contributed by atoms with van der Waals surface area (Å²) in [5.74, 6) is -0.0661. The van der Waals surface area contributed by atoms with E-state index in [0.717, 1.165) is 0 Å². The summed E-state index contributed by atoms with van der Waals surface area (Å²) in [5.41, 5.74) is 0.628. The fraction of sp³-hybridized carbons (Fsp3) is 0.480. The van der Waals surface area contributed by atoms with Crippen LogP contribution >= 0.6 is 0 Å². The highest BCUT2D eigenvalue weighted by atomic mass is 19.4. The topological polar surface area (TPSA) is 108 Å². The Balaban J connectivity index is 1.44. The number of alkyl halides is 3. The monoisotopic (exact) mass is 500 g/mol. The molecule has 1 saturated heterocycles. The molecule has 2 aliphatic rings. The third kappa shape index (κ3) is 4.58. The van der Waals surface area contributed by atoms with Crippen molar-refractivity contribution in [2.24, 2.45) is 11.3 Å². The molecule has 0 radical (unpaired) electrons. The van der Waals surface area contributed by atoms with Crippen LogP contribution in [0.2, 0.25) is 0 Å². The van der Waals surface area contributed by atoms with Crippen molar-refractivity contribution in [3.63, 3.8) is 0 Å². The van der Waals surface area contributed by atoms with Crippen LogP contribution in [0.4, 0.5) is 24.7 Å². The minimum atomic E-state index is -4.44. The van der Waals surface area contributed by atoms with Crippen LogP contribution in [0.25, 0.3) is 10.9 Å². The van der Waals surface area contributed by atoms with Gasteiger partial charge >= 0.3 is 6.18 Å². The van der Waals surface area contributed by atoms with Gasteiger partial charge in [0.15, 0.2) is 5.82 Å². The van der Waals surface area contributed by atoms with Crippen molar-refractivity contribution in [2.45, 2.75) is 51.0 Å². The summed E-state index contributed by atoms with van der Waals surface area (Å²) in [7, 11) is 0. The molecule has 3 N–H and O–H groups in total. The summed E-state index contributed by atoms with van der Waals surface area (Å²) in [6.45, 7) is 4.65. The summed E-state index contributed by atoms with van der Waals surface area (Å²) < 4.78 is 48.6. The highest BCUT2D eigenvalue weighted by Crippen LogP contribution is 2.47. The van der Waals surface area contributed by atoms with E-state index in [1.54, 1.807) is 10.7 Å².